The van der Waals surface area contributed by atoms with Crippen LogP contribution in [0.3, 0.4) is 0 Å². The normalized spacial score (nSPS) is 8.47. The monoisotopic (exact) mass is 470 g/mol. The molecular weight excluding hydrogens is 436 g/mol. The van der Waals surface area contributed by atoms with Crippen molar-refractivity contribution in [3.05, 3.63) is 72.9 Å². The van der Waals surface area contributed by atoms with Gasteiger partial charge in [-0.25, -0.2) is 14.4 Å². The van der Waals surface area contributed by atoms with Crippen LogP contribution in [0.5, 0.6) is 0 Å². The molecule has 0 atom stereocenters. The Morgan fingerprint density at radius 3 is 1.12 bits per heavy atom. The van der Waals surface area contributed by atoms with Gasteiger partial charge in [0, 0.05) is 10.2 Å². The minimum absolute atomic E-state index is 0.201. The highest BCUT2D eigenvalue weighted by Crippen LogP contribution is 1.95. The third kappa shape index (κ3) is 22.8. The van der Waals surface area contributed by atoms with Crippen molar-refractivity contribution in [3.8, 4) is 0 Å². The van der Waals surface area contributed by atoms with Gasteiger partial charge in [0.15, 0.2) is 17.3 Å². The maximum absolute atomic E-state index is 9.86. The molecule has 0 aromatic heterocycles. The zero-order chi connectivity index (χ0) is 25.5. The summed E-state index contributed by atoms with van der Waals surface area (Å²) in [6.45, 7) is 15.5. The van der Waals surface area contributed by atoms with Crippen molar-refractivity contribution in [2.75, 3.05) is 19.8 Å². The molecule has 9 nitrogen and oxygen atoms in total. The summed E-state index contributed by atoms with van der Waals surface area (Å²) in [4.78, 5) is 29.6. The van der Waals surface area contributed by atoms with Gasteiger partial charge in [-0.15, -0.1) is 0 Å². The van der Waals surface area contributed by atoms with Gasteiger partial charge >= 0.3 is 17.9 Å². The van der Waals surface area contributed by atoms with Crippen LogP contribution in [0.2, 0.25) is 0 Å². The Morgan fingerprint density at radius 2 is 1.00 bits per heavy atom. The molecule has 0 unspecified atom stereocenters. The van der Waals surface area contributed by atoms with Crippen molar-refractivity contribution in [1.29, 1.82) is 0 Å². The highest BCUT2D eigenvalue weighted by molar-refractivity contribution is 6.08. The van der Waals surface area contributed by atoms with Gasteiger partial charge in [0.2, 0.25) is 0 Å². The molecule has 1 aromatic rings. The Hall–Kier alpha value is -3.53. The van der Waals surface area contributed by atoms with Crippen molar-refractivity contribution in [3.63, 3.8) is 0 Å². The molecule has 180 valence electrons. The molecule has 1 aromatic carbocycles. The lowest BCUT2D eigenvalue weighted by molar-refractivity contribution is -0.137. The predicted molar refractivity (Wildman–Crippen MR) is 125 cm³/mol. The fraction of sp³-hybridized carbons (Fsp3) is 0.318. The molecule has 0 fully saturated rings. The van der Waals surface area contributed by atoms with Crippen molar-refractivity contribution in [1.82, 2.24) is 0 Å². The topological polar surface area (TPSA) is 140 Å². The SMILES string of the molecule is C=C(OCC)C(=O)O.C=C(OCC)C(=O)O.C=C(OCC)C(=O)O.[SiH3]Cc1ccccc1. The zero-order valence-corrected chi connectivity index (χ0v) is 21.1. The van der Waals surface area contributed by atoms with Gasteiger partial charge in [0.1, 0.15) is 0 Å². The lowest BCUT2D eigenvalue weighted by Crippen LogP contribution is -2.02. The summed E-state index contributed by atoms with van der Waals surface area (Å²) in [6.07, 6.45) is 0. The van der Waals surface area contributed by atoms with Gasteiger partial charge in [-0.1, -0.05) is 35.9 Å². The molecule has 0 saturated carbocycles. The highest BCUT2D eigenvalue weighted by Gasteiger charge is 2.02. The maximum Gasteiger partial charge on any atom is 0.370 e. The smallest absolute Gasteiger partial charge is 0.370 e. The first kappa shape index (κ1) is 33.1. The second-order valence-electron chi connectivity index (χ2n) is 5.32. The third-order valence-corrected chi connectivity index (χ3v) is 3.74. The van der Waals surface area contributed by atoms with E-state index in [4.69, 9.17) is 15.3 Å². The first-order chi connectivity index (χ1) is 15.0. The van der Waals surface area contributed by atoms with Gasteiger partial charge in [-0.3, -0.25) is 0 Å². The van der Waals surface area contributed by atoms with Crippen molar-refractivity contribution >= 4 is 28.2 Å². The number of hydrogen-bond donors (Lipinski definition) is 3. The van der Waals surface area contributed by atoms with E-state index in [1.54, 1.807) is 20.8 Å². The molecule has 0 amide bonds. The number of carbonyl (C=O) groups is 3. The first-order valence-corrected chi connectivity index (χ1v) is 11.1. The molecule has 0 saturated heterocycles. The van der Waals surface area contributed by atoms with Crippen LogP contribution in [0.1, 0.15) is 26.3 Å². The summed E-state index contributed by atoms with van der Waals surface area (Å²) in [5, 5.41) is 24.3. The quantitative estimate of drug-likeness (QED) is 0.267. The summed E-state index contributed by atoms with van der Waals surface area (Å²) in [5.41, 5.74) is 1.47. The van der Waals surface area contributed by atoms with Crippen LogP contribution in [0.25, 0.3) is 0 Å². The molecule has 10 heteroatoms. The average Bonchev–Trinajstić information content (AvgIpc) is 2.76. The zero-order valence-electron chi connectivity index (χ0n) is 19.1. The van der Waals surface area contributed by atoms with E-state index in [1.807, 2.05) is 0 Å². The number of carboxylic acid groups (broad SMARTS) is 3. The molecule has 0 heterocycles. The average molecular weight is 471 g/mol. The van der Waals surface area contributed by atoms with E-state index in [2.05, 4.69) is 64.3 Å². The van der Waals surface area contributed by atoms with Crippen LogP contribution in [0, 0.1) is 0 Å². The van der Waals surface area contributed by atoms with Crippen LogP contribution in [0.4, 0.5) is 0 Å². The summed E-state index contributed by atoms with van der Waals surface area (Å²) in [7, 11) is 1.28. The lowest BCUT2D eigenvalue weighted by atomic mass is 10.2. The van der Waals surface area contributed by atoms with E-state index in [9.17, 15) is 14.4 Å². The Kier molecular flexibility index (Phi) is 22.9. The number of aliphatic carboxylic acids is 3. The van der Waals surface area contributed by atoms with Gasteiger partial charge in [0.05, 0.1) is 19.8 Å². The van der Waals surface area contributed by atoms with Crippen LogP contribution >= 0.6 is 0 Å². The molecule has 3 N–H and O–H groups in total. The van der Waals surface area contributed by atoms with E-state index in [0.29, 0.717) is 19.8 Å². The predicted octanol–water partition coefficient (Wildman–Crippen LogP) is 2.42. The number of ether oxygens (including phenoxy) is 3. The van der Waals surface area contributed by atoms with E-state index < -0.39 is 17.9 Å². The van der Waals surface area contributed by atoms with Crippen molar-refractivity contribution in [2.24, 2.45) is 0 Å². The molecule has 0 spiro atoms. The maximum atomic E-state index is 9.86. The summed E-state index contributed by atoms with van der Waals surface area (Å²) >= 11 is 0. The van der Waals surface area contributed by atoms with Crippen molar-refractivity contribution in [2.45, 2.75) is 26.8 Å². The number of benzene rings is 1. The molecule has 0 aliphatic rings. The number of carboxylic acids is 3. The van der Waals surface area contributed by atoms with Gasteiger partial charge in [-0.05, 0) is 46.6 Å². The van der Waals surface area contributed by atoms with Crippen LogP contribution < -0.4 is 0 Å². The van der Waals surface area contributed by atoms with E-state index in [0.717, 1.165) is 0 Å². The summed E-state index contributed by atoms with van der Waals surface area (Å²) < 4.78 is 13.5. The lowest BCUT2D eigenvalue weighted by Gasteiger charge is -1.97. The van der Waals surface area contributed by atoms with Crippen molar-refractivity contribution < 1.29 is 43.9 Å². The largest absolute Gasteiger partial charge is 0.487 e. The molecule has 0 bridgehead atoms. The number of rotatable bonds is 10. The minimum atomic E-state index is -1.10. The minimum Gasteiger partial charge on any atom is -0.487 e. The molecule has 0 aliphatic carbocycles. The highest BCUT2D eigenvalue weighted by atomic mass is 28.1. The summed E-state index contributed by atoms with van der Waals surface area (Å²) in [6, 6.07) is 11.9. The fourth-order valence-corrected chi connectivity index (χ4v) is 1.89. The molecular formula is C22H34O9Si. The Morgan fingerprint density at radius 1 is 0.719 bits per heavy atom. The molecule has 1 rings (SSSR count). The molecule has 0 aliphatic heterocycles. The van der Waals surface area contributed by atoms with Crippen LogP contribution in [-0.2, 0) is 34.6 Å². The molecule has 0 radical (unpaired) electrons. The van der Waals surface area contributed by atoms with E-state index in [-0.39, 0.29) is 17.3 Å². The molecule has 32 heavy (non-hydrogen) atoms. The Labute approximate surface area is 192 Å². The van der Waals surface area contributed by atoms with Gasteiger partial charge < -0.3 is 29.5 Å². The Bertz CT molecular complexity index is 649. The number of hydrogen-bond acceptors (Lipinski definition) is 6. The van der Waals surface area contributed by atoms with Crippen LogP contribution in [0.15, 0.2) is 67.3 Å². The second kappa shape index (κ2) is 22.2. The van der Waals surface area contributed by atoms with Gasteiger partial charge in [0.25, 0.3) is 0 Å². The second-order valence-corrected chi connectivity index (χ2v) is 6.03. The first-order valence-electron chi connectivity index (χ1n) is 9.66. The third-order valence-electron chi connectivity index (χ3n) is 2.92. The standard InChI is InChI=1S/C7H10Si.3C5H8O3/c8-6-7-4-2-1-3-5-7;3*1-3-8-4(2)5(6)7/h1-5H,6H2,8H3;3*2-3H2,1H3,(H,6,7). The van der Waals surface area contributed by atoms with Gasteiger partial charge in [-0.2, -0.15) is 0 Å². The Balaban J connectivity index is -0.000000350. The van der Waals surface area contributed by atoms with E-state index >= 15 is 0 Å². The fourth-order valence-electron chi connectivity index (χ4n) is 1.42. The summed E-state index contributed by atoms with van der Waals surface area (Å²) in [5.74, 6) is -3.92. The van der Waals surface area contributed by atoms with Crippen LogP contribution in [-0.4, -0.2) is 63.3 Å². The van der Waals surface area contributed by atoms with E-state index in [1.165, 1.54) is 21.9 Å².